The average molecular weight is 243 g/mol. The molecular formula is C13H25NO3. The van der Waals surface area contributed by atoms with Crippen LogP contribution < -0.4 is 0 Å². The fraction of sp³-hybridized carbons (Fsp3) is 0.923. The largest absolute Gasteiger partial charge is 0.375 e. The summed E-state index contributed by atoms with van der Waals surface area (Å²) in [4.78, 5) is 13.6. The highest BCUT2D eigenvalue weighted by Gasteiger charge is 2.25. The summed E-state index contributed by atoms with van der Waals surface area (Å²) < 4.78 is 11.0. The van der Waals surface area contributed by atoms with Crippen LogP contribution in [0.2, 0.25) is 0 Å². The second-order valence-corrected chi connectivity index (χ2v) is 4.87. The van der Waals surface area contributed by atoms with Crippen LogP contribution in [0.25, 0.3) is 0 Å². The van der Waals surface area contributed by atoms with E-state index in [9.17, 15) is 4.79 Å². The van der Waals surface area contributed by atoms with Crippen LogP contribution >= 0.6 is 0 Å². The summed E-state index contributed by atoms with van der Waals surface area (Å²) in [6.45, 7) is 10.8. The zero-order chi connectivity index (χ0) is 12.7. The lowest BCUT2D eigenvalue weighted by Gasteiger charge is -2.38. The molecule has 0 spiro atoms. The zero-order valence-electron chi connectivity index (χ0n) is 11.3. The van der Waals surface area contributed by atoms with Crippen molar-refractivity contribution < 1.29 is 14.3 Å². The summed E-state index contributed by atoms with van der Waals surface area (Å²) in [6, 6.07) is 0. The lowest BCUT2D eigenvalue weighted by atomic mass is 10.1. The van der Waals surface area contributed by atoms with E-state index in [1.807, 2.05) is 13.8 Å². The highest BCUT2D eigenvalue weighted by atomic mass is 16.5. The Bertz CT molecular complexity index is 225. The molecule has 1 aliphatic rings. The molecule has 100 valence electrons. The summed E-state index contributed by atoms with van der Waals surface area (Å²) in [7, 11) is 0. The number of carbonyl (C=O) groups is 1. The van der Waals surface area contributed by atoms with Crippen LogP contribution in [0.15, 0.2) is 0 Å². The van der Waals surface area contributed by atoms with Crippen LogP contribution in [0.1, 0.15) is 27.2 Å². The minimum Gasteiger partial charge on any atom is -0.375 e. The van der Waals surface area contributed by atoms with E-state index in [4.69, 9.17) is 9.47 Å². The average Bonchev–Trinajstić information content (AvgIpc) is 2.24. The first kappa shape index (κ1) is 14.6. The van der Waals surface area contributed by atoms with Gasteiger partial charge in [-0.2, -0.15) is 0 Å². The zero-order valence-corrected chi connectivity index (χ0v) is 11.3. The summed E-state index contributed by atoms with van der Waals surface area (Å²) in [5.74, 6) is 0.241. The van der Waals surface area contributed by atoms with E-state index < -0.39 is 0 Å². The third-order valence-electron chi connectivity index (χ3n) is 3.05. The molecule has 0 radical (unpaired) electrons. The molecule has 17 heavy (non-hydrogen) atoms. The standard InChI is InChI=1S/C13H25NO3/c1-4-14-8-12(9-14)17-7-5-6-16-10-13(15)11(2)3/h11-12H,4-10H2,1-3H3. The van der Waals surface area contributed by atoms with Crippen molar-refractivity contribution in [2.24, 2.45) is 5.92 Å². The molecule has 0 aromatic heterocycles. The van der Waals surface area contributed by atoms with E-state index in [-0.39, 0.29) is 18.3 Å². The van der Waals surface area contributed by atoms with Crippen molar-refractivity contribution in [2.45, 2.75) is 33.3 Å². The number of hydrogen-bond acceptors (Lipinski definition) is 4. The van der Waals surface area contributed by atoms with Crippen molar-refractivity contribution in [3.8, 4) is 0 Å². The number of likely N-dealkylation sites (tertiary alicyclic amines) is 1. The number of ketones is 1. The Morgan fingerprint density at radius 3 is 2.65 bits per heavy atom. The summed E-state index contributed by atoms with van der Waals surface area (Å²) in [6.07, 6.45) is 1.28. The highest BCUT2D eigenvalue weighted by molar-refractivity contribution is 5.81. The fourth-order valence-electron chi connectivity index (χ4n) is 1.64. The maximum Gasteiger partial charge on any atom is 0.160 e. The molecule has 0 amide bonds. The second kappa shape index (κ2) is 7.80. The van der Waals surface area contributed by atoms with Gasteiger partial charge in [0.1, 0.15) is 6.61 Å². The predicted octanol–water partition coefficient (Wildman–Crippen LogP) is 1.34. The fourth-order valence-corrected chi connectivity index (χ4v) is 1.64. The Morgan fingerprint density at radius 2 is 2.06 bits per heavy atom. The Hall–Kier alpha value is -0.450. The van der Waals surface area contributed by atoms with E-state index in [1.165, 1.54) is 0 Å². The van der Waals surface area contributed by atoms with Gasteiger partial charge in [-0.3, -0.25) is 9.69 Å². The van der Waals surface area contributed by atoms with Gasteiger partial charge in [0.15, 0.2) is 5.78 Å². The van der Waals surface area contributed by atoms with Crippen molar-refractivity contribution >= 4 is 5.78 Å². The monoisotopic (exact) mass is 243 g/mol. The molecule has 4 heteroatoms. The molecule has 4 nitrogen and oxygen atoms in total. The van der Waals surface area contributed by atoms with Crippen molar-refractivity contribution in [3.63, 3.8) is 0 Å². The number of ether oxygens (including phenoxy) is 2. The lowest BCUT2D eigenvalue weighted by Crippen LogP contribution is -2.51. The topological polar surface area (TPSA) is 38.8 Å². The molecule has 0 atom stereocenters. The molecule has 0 aromatic rings. The predicted molar refractivity (Wildman–Crippen MR) is 67.1 cm³/mol. The number of Topliss-reactive ketones (excluding diaryl/α,β-unsaturated/α-hetero) is 1. The van der Waals surface area contributed by atoms with Gasteiger partial charge >= 0.3 is 0 Å². The van der Waals surface area contributed by atoms with Crippen molar-refractivity contribution in [3.05, 3.63) is 0 Å². The van der Waals surface area contributed by atoms with E-state index in [0.717, 1.165) is 32.7 Å². The Kier molecular flexibility index (Phi) is 6.70. The SMILES string of the molecule is CCN1CC(OCCCOCC(=O)C(C)C)C1. The van der Waals surface area contributed by atoms with Crippen LogP contribution in [0, 0.1) is 5.92 Å². The summed E-state index contributed by atoms with van der Waals surface area (Å²) >= 11 is 0. The third-order valence-corrected chi connectivity index (χ3v) is 3.05. The minimum absolute atomic E-state index is 0.0706. The van der Waals surface area contributed by atoms with Gasteiger partial charge in [0.25, 0.3) is 0 Å². The molecule has 1 fully saturated rings. The number of likely N-dealkylation sites (N-methyl/N-ethyl adjacent to an activating group) is 1. The smallest absolute Gasteiger partial charge is 0.160 e. The van der Waals surface area contributed by atoms with E-state index in [2.05, 4.69) is 11.8 Å². The highest BCUT2D eigenvalue weighted by Crippen LogP contribution is 2.10. The van der Waals surface area contributed by atoms with Gasteiger partial charge in [-0.05, 0) is 13.0 Å². The molecule has 0 saturated carbocycles. The first-order chi connectivity index (χ1) is 8.13. The van der Waals surface area contributed by atoms with Crippen LogP contribution in [0.4, 0.5) is 0 Å². The van der Waals surface area contributed by atoms with Gasteiger partial charge in [0, 0.05) is 32.2 Å². The van der Waals surface area contributed by atoms with E-state index in [1.54, 1.807) is 0 Å². The van der Waals surface area contributed by atoms with Crippen LogP contribution in [0.3, 0.4) is 0 Å². The molecule has 1 rings (SSSR count). The van der Waals surface area contributed by atoms with Crippen molar-refractivity contribution in [1.82, 2.24) is 4.90 Å². The van der Waals surface area contributed by atoms with Gasteiger partial charge in [-0.15, -0.1) is 0 Å². The third kappa shape index (κ3) is 5.61. The van der Waals surface area contributed by atoms with E-state index in [0.29, 0.717) is 12.7 Å². The van der Waals surface area contributed by atoms with Gasteiger partial charge in [-0.1, -0.05) is 20.8 Å². The molecule has 0 aromatic carbocycles. The minimum atomic E-state index is 0.0706. The summed E-state index contributed by atoms with van der Waals surface area (Å²) in [5, 5.41) is 0. The quantitative estimate of drug-likeness (QED) is 0.573. The molecule has 1 heterocycles. The lowest BCUT2D eigenvalue weighted by molar-refractivity contribution is -0.126. The van der Waals surface area contributed by atoms with E-state index >= 15 is 0 Å². The Morgan fingerprint density at radius 1 is 1.35 bits per heavy atom. The van der Waals surface area contributed by atoms with Crippen LogP contribution in [-0.4, -0.2) is 56.2 Å². The molecule has 0 bridgehead atoms. The molecule has 1 saturated heterocycles. The first-order valence-electron chi connectivity index (χ1n) is 6.58. The van der Waals surface area contributed by atoms with Gasteiger partial charge < -0.3 is 9.47 Å². The molecule has 1 aliphatic heterocycles. The first-order valence-corrected chi connectivity index (χ1v) is 6.58. The Balaban J connectivity index is 1.84. The number of hydrogen-bond donors (Lipinski definition) is 0. The van der Waals surface area contributed by atoms with Gasteiger partial charge in [-0.25, -0.2) is 0 Å². The molecular weight excluding hydrogens is 218 g/mol. The molecule has 0 aliphatic carbocycles. The summed E-state index contributed by atoms with van der Waals surface area (Å²) in [5.41, 5.74) is 0. The van der Waals surface area contributed by atoms with Gasteiger partial charge in [0.05, 0.1) is 6.10 Å². The van der Waals surface area contributed by atoms with Gasteiger partial charge in [0.2, 0.25) is 0 Å². The second-order valence-electron chi connectivity index (χ2n) is 4.87. The number of carbonyl (C=O) groups excluding carboxylic acids is 1. The normalized spacial score (nSPS) is 17.4. The van der Waals surface area contributed by atoms with Crippen molar-refractivity contribution in [2.75, 3.05) is 39.5 Å². The van der Waals surface area contributed by atoms with Crippen LogP contribution in [0.5, 0.6) is 0 Å². The Labute approximate surface area is 104 Å². The molecule has 0 N–H and O–H groups in total. The maximum absolute atomic E-state index is 11.2. The van der Waals surface area contributed by atoms with Crippen molar-refractivity contribution in [1.29, 1.82) is 0 Å². The van der Waals surface area contributed by atoms with Crippen LogP contribution in [-0.2, 0) is 14.3 Å². The molecule has 0 unspecified atom stereocenters. The number of nitrogens with zero attached hydrogens (tertiary/aromatic N) is 1. The number of rotatable bonds is 9. The maximum atomic E-state index is 11.2.